The summed E-state index contributed by atoms with van der Waals surface area (Å²) in [5.74, 6) is 0. The second kappa shape index (κ2) is 6.83. The summed E-state index contributed by atoms with van der Waals surface area (Å²) in [5.41, 5.74) is -0.273. The minimum atomic E-state index is -4.53. The molecule has 0 unspecified atom stereocenters. The fourth-order valence-electron chi connectivity index (χ4n) is 2.56. The number of benzene rings is 1. The average molecular weight is 399 g/mol. The van der Waals surface area contributed by atoms with E-state index in [1.54, 1.807) is 0 Å². The van der Waals surface area contributed by atoms with E-state index < -0.39 is 21.8 Å². The first kappa shape index (κ1) is 18.6. The molecule has 1 aromatic heterocycles. The van der Waals surface area contributed by atoms with Gasteiger partial charge in [0.1, 0.15) is 10.6 Å². The molecule has 5 nitrogen and oxygen atoms in total. The van der Waals surface area contributed by atoms with Crippen LogP contribution in [0.15, 0.2) is 46.2 Å². The molecule has 1 aliphatic heterocycles. The first-order valence-electron chi connectivity index (χ1n) is 7.45. The summed E-state index contributed by atoms with van der Waals surface area (Å²) in [6, 6.07) is 6.41. The van der Waals surface area contributed by atoms with Gasteiger partial charge < -0.3 is 0 Å². The summed E-state index contributed by atoms with van der Waals surface area (Å²) in [7, 11) is -3.93. The van der Waals surface area contributed by atoms with E-state index >= 15 is 0 Å². The zero-order chi connectivity index (χ0) is 18.9. The number of nitrogens with zero attached hydrogens (tertiary/aromatic N) is 3. The van der Waals surface area contributed by atoms with Gasteiger partial charge in [0, 0.05) is 29.6 Å². The van der Waals surface area contributed by atoms with Crippen LogP contribution in [-0.4, -0.2) is 30.2 Å². The monoisotopic (exact) mass is 399 g/mol. The normalized spacial score (nSPS) is 16.2. The Labute approximate surface area is 152 Å². The molecule has 0 saturated heterocycles. The van der Waals surface area contributed by atoms with Gasteiger partial charge in [0.25, 0.3) is 0 Å². The second-order valence-electron chi connectivity index (χ2n) is 5.56. The van der Waals surface area contributed by atoms with Gasteiger partial charge >= 0.3 is 6.18 Å². The molecule has 0 spiro atoms. The number of rotatable bonds is 3. The van der Waals surface area contributed by atoms with Crippen molar-refractivity contribution in [3.05, 3.63) is 46.9 Å². The van der Waals surface area contributed by atoms with Crippen LogP contribution in [0.5, 0.6) is 0 Å². The molecule has 136 valence electrons. The Morgan fingerprint density at radius 2 is 2.08 bits per heavy atom. The quantitative estimate of drug-likeness (QED) is 0.789. The van der Waals surface area contributed by atoms with E-state index in [2.05, 4.69) is 4.37 Å². The average Bonchev–Trinajstić information content (AvgIpc) is 3.12. The van der Waals surface area contributed by atoms with E-state index in [1.807, 2.05) is 6.07 Å². The van der Waals surface area contributed by atoms with Crippen LogP contribution in [-0.2, 0) is 16.2 Å². The van der Waals surface area contributed by atoms with Crippen molar-refractivity contribution < 1.29 is 21.6 Å². The highest BCUT2D eigenvalue weighted by molar-refractivity contribution is 7.89. The molecule has 2 heterocycles. The summed E-state index contributed by atoms with van der Waals surface area (Å²) in [4.78, 5) is -0.129. The van der Waals surface area contributed by atoms with Gasteiger partial charge in [-0.2, -0.15) is 27.1 Å². The Kier molecular flexibility index (Phi) is 4.88. The van der Waals surface area contributed by atoms with Gasteiger partial charge in [-0.15, -0.1) is 0 Å². The molecule has 26 heavy (non-hydrogen) atoms. The fraction of sp³-hybridized carbons (Fsp3) is 0.250. The number of hydrogen-bond donors (Lipinski definition) is 0. The van der Waals surface area contributed by atoms with Crippen molar-refractivity contribution in [3.8, 4) is 17.3 Å². The van der Waals surface area contributed by atoms with Crippen molar-refractivity contribution in [1.29, 1.82) is 5.26 Å². The zero-order valence-corrected chi connectivity index (χ0v) is 14.8. The van der Waals surface area contributed by atoms with E-state index in [-0.39, 0.29) is 29.2 Å². The van der Waals surface area contributed by atoms with Gasteiger partial charge in [0.2, 0.25) is 10.0 Å². The largest absolute Gasteiger partial charge is 0.416 e. The lowest BCUT2D eigenvalue weighted by Crippen LogP contribution is -2.34. The predicted molar refractivity (Wildman–Crippen MR) is 89.6 cm³/mol. The molecular formula is C16H12F3N3O2S2. The van der Waals surface area contributed by atoms with Crippen LogP contribution in [0, 0.1) is 11.3 Å². The van der Waals surface area contributed by atoms with Crippen molar-refractivity contribution in [1.82, 2.24) is 8.68 Å². The first-order valence-corrected chi connectivity index (χ1v) is 9.72. The lowest BCUT2D eigenvalue weighted by atomic mass is 10.1. The number of halogens is 3. The van der Waals surface area contributed by atoms with Crippen LogP contribution >= 0.6 is 11.5 Å². The molecule has 0 fully saturated rings. The molecular weight excluding hydrogens is 387 g/mol. The lowest BCUT2D eigenvalue weighted by molar-refractivity contribution is -0.137. The maximum atomic E-state index is 12.9. The fourth-order valence-corrected chi connectivity index (χ4v) is 5.09. The van der Waals surface area contributed by atoms with Crippen LogP contribution in [0.2, 0.25) is 0 Å². The van der Waals surface area contributed by atoms with Crippen molar-refractivity contribution in [2.24, 2.45) is 0 Å². The van der Waals surface area contributed by atoms with E-state index in [0.717, 1.165) is 23.7 Å². The Hall–Kier alpha value is -2.22. The molecule has 1 aliphatic rings. The van der Waals surface area contributed by atoms with Crippen LogP contribution in [0.25, 0.3) is 11.3 Å². The molecule has 0 atom stereocenters. The molecule has 2 aromatic rings. The molecule has 0 amide bonds. The Bertz CT molecular complexity index is 1000. The SMILES string of the molecule is N#CC1=CCN(S(=O)(=O)c2csnc2-c2cccc(C(F)(F)F)c2)CC1. The number of nitriles is 1. The highest BCUT2D eigenvalue weighted by Gasteiger charge is 2.33. The zero-order valence-electron chi connectivity index (χ0n) is 13.2. The summed E-state index contributed by atoms with van der Waals surface area (Å²) < 4.78 is 69.7. The van der Waals surface area contributed by atoms with Gasteiger partial charge in [0.15, 0.2) is 0 Å². The standard InChI is InChI=1S/C16H12F3N3O2S2/c17-16(18,19)13-3-1-2-12(8-13)15-14(10-25-21-15)26(23,24)22-6-4-11(9-20)5-7-22/h1-4,8,10H,5-7H2. The summed E-state index contributed by atoms with van der Waals surface area (Å²) >= 11 is 0.865. The van der Waals surface area contributed by atoms with Crippen molar-refractivity contribution in [2.75, 3.05) is 13.1 Å². The van der Waals surface area contributed by atoms with Gasteiger partial charge in [-0.25, -0.2) is 8.42 Å². The van der Waals surface area contributed by atoms with E-state index in [0.29, 0.717) is 12.0 Å². The van der Waals surface area contributed by atoms with Crippen molar-refractivity contribution in [2.45, 2.75) is 17.5 Å². The van der Waals surface area contributed by atoms with Crippen molar-refractivity contribution >= 4 is 21.6 Å². The summed E-state index contributed by atoms with van der Waals surface area (Å²) in [5, 5.41) is 10.2. The number of sulfonamides is 1. The molecule has 0 bridgehead atoms. The molecule has 10 heteroatoms. The molecule has 1 aromatic carbocycles. The lowest BCUT2D eigenvalue weighted by Gasteiger charge is -2.23. The van der Waals surface area contributed by atoms with Gasteiger partial charge in [-0.1, -0.05) is 18.2 Å². The Morgan fingerprint density at radius 3 is 2.69 bits per heavy atom. The van der Waals surface area contributed by atoms with E-state index in [4.69, 9.17) is 5.26 Å². The maximum Gasteiger partial charge on any atom is 0.416 e. The highest BCUT2D eigenvalue weighted by atomic mass is 32.2. The summed E-state index contributed by atoms with van der Waals surface area (Å²) in [6.45, 7) is 0.183. The smallest absolute Gasteiger partial charge is 0.207 e. The van der Waals surface area contributed by atoms with Crippen LogP contribution in [0.3, 0.4) is 0 Å². The molecule has 0 saturated carbocycles. The van der Waals surface area contributed by atoms with E-state index in [1.165, 1.54) is 27.9 Å². The third-order valence-corrected chi connectivity index (χ3v) is 6.59. The highest BCUT2D eigenvalue weighted by Crippen LogP contribution is 2.35. The van der Waals surface area contributed by atoms with Gasteiger partial charge in [-0.3, -0.25) is 0 Å². The van der Waals surface area contributed by atoms with E-state index in [9.17, 15) is 21.6 Å². The van der Waals surface area contributed by atoms with Crippen molar-refractivity contribution in [3.63, 3.8) is 0 Å². The third-order valence-electron chi connectivity index (χ3n) is 3.93. The van der Waals surface area contributed by atoms with Crippen LogP contribution in [0.1, 0.15) is 12.0 Å². The Balaban J connectivity index is 1.99. The van der Waals surface area contributed by atoms with Crippen LogP contribution in [0.4, 0.5) is 13.2 Å². The number of aromatic nitrogens is 1. The number of alkyl halides is 3. The van der Waals surface area contributed by atoms with Crippen LogP contribution < -0.4 is 0 Å². The molecule has 3 rings (SSSR count). The minimum Gasteiger partial charge on any atom is -0.207 e. The van der Waals surface area contributed by atoms with Gasteiger partial charge in [0.05, 0.1) is 11.6 Å². The first-order chi connectivity index (χ1) is 12.2. The minimum absolute atomic E-state index is 0.00356. The maximum absolute atomic E-state index is 12.9. The molecule has 0 N–H and O–H groups in total. The molecule has 0 radical (unpaired) electrons. The van der Waals surface area contributed by atoms with Gasteiger partial charge in [-0.05, 0) is 30.1 Å². The third kappa shape index (κ3) is 3.51. The predicted octanol–water partition coefficient (Wildman–Crippen LogP) is 3.67. The Morgan fingerprint density at radius 1 is 1.31 bits per heavy atom. The number of hydrogen-bond acceptors (Lipinski definition) is 5. The topological polar surface area (TPSA) is 74.1 Å². The summed E-state index contributed by atoms with van der Waals surface area (Å²) in [6.07, 6.45) is -2.70. The molecule has 0 aliphatic carbocycles. The second-order valence-corrected chi connectivity index (χ2v) is 8.10.